The topological polar surface area (TPSA) is 82.2 Å². The Morgan fingerprint density at radius 2 is 1.97 bits per heavy atom. The second-order valence-corrected chi connectivity index (χ2v) is 8.61. The molecule has 3 aromatic rings. The Hall–Kier alpha value is -2.51. The van der Waals surface area contributed by atoms with Gasteiger partial charge in [0, 0.05) is 34.5 Å². The van der Waals surface area contributed by atoms with Gasteiger partial charge in [0.05, 0.1) is 25.3 Å². The largest absolute Gasteiger partial charge is 0.481 e. The van der Waals surface area contributed by atoms with Crippen LogP contribution in [0.1, 0.15) is 48.7 Å². The van der Waals surface area contributed by atoms with Gasteiger partial charge >= 0.3 is 5.97 Å². The van der Waals surface area contributed by atoms with Crippen LogP contribution in [-0.4, -0.2) is 37.2 Å². The molecule has 0 aliphatic rings. The van der Waals surface area contributed by atoms with Crippen LogP contribution in [0.25, 0.3) is 0 Å². The van der Waals surface area contributed by atoms with E-state index in [0.717, 1.165) is 29.8 Å². The lowest BCUT2D eigenvalue weighted by Gasteiger charge is -2.10. The van der Waals surface area contributed by atoms with Gasteiger partial charge in [-0.15, -0.1) is 5.10 Å². The molecule has 0 aliphatic carbocycles. The van der Waals surface area contributed by atoms with Crippen molar-refractivity contribution in [2.24, 2.45) is 7.05 Å². The maximum absolute atomic E-state index is 11.0. The van der Waals surface area contributed by atoms with Crippen molar-refractivity contribution in [3.8, 4) is 5.88 Å². The highest BCUT2D eigenvalue weighted by Gasteiger charge is 2.15. The zero-order chi connectivity index (χ0) is 22.5. The van der Waals surface area contributed by atoms with Crippen molar-refractivity contribution >= 4 is 29.2 Å². The van der Waals surface area contributed by atoms with E-state index in [1.165, 1.54) is 0 Å². The van der Waals surface area contributed by atoms with Crippen molar-refractivity contribution in [2.75, 3.05) is 6.61 Å². The van der Waals surface area contributed by atoms with Gasteiger partial charge in [-0.05, 0) is 42.5 Å². The number of carboxylic acid groups (broad SMARTS) is 1. The smallest absolute Gasteiger partial charge is 0.308 e. The second kappa shape index (κ2) is 10.2. The molecule has 0 fully saturated rings. The van der Waals surface area contributed by atoms with E-state index in [4.69, 9.17) is 38.1 Å². The predicted octanol–water partition coefficient (Wildman–Crippen LogP) is 4.73. The Labute approximate surface area is 191 Å². The summed E-state index contributed by atoms with van der Waals surface area (Å²) in [5.41, 5.74) is 3.63. The van der Waals surface area contributed by atoms with E-state index < -0.39 is 5.97 Å². The summed E-state index contributed by atoms with van der Waals surface area (Å²) >= 11 is 12.4. The lowest BCUT2D eigenvalue weighted by Crippen LogP contribution is -2.09. The minimum Gasteiger partial charge on any atom is -0.481 e. The zero-order valence-electron chi connectivity index (χ0n) is 17.8. The summed E-state index contributed by atoms with van der Waals surface area (Å²) in [5, 5.41) is 19.2. The summed E-state index contributed by atoms with van der Waals surface area (Å²) in [5.74, 6) is -0.234. The number of rotatable bonds is 10. The van der Waals surface area contributed by atoms with Crippen LogP contribution in [0.3, 0.4) is 0 Å². The molecule has 9 heteroatoms. The average molecular weight is 465 g/mol. The maximum atomic E-state index is 11.0. The van der Waals surface area contributed by atoms with Crippen molar-refractivity contribution in [1.29, 1.82) is 0 Å². The fraction of sp³-hybridized carbons (Fsp3) is 0.409. The number of aliphatic carboxylic acids is 1. The van der Waals surface area contributed by atoms with E-state index >= 15 is 0 Å². The Morgan fingerprint density at radius 3 is 2.65 bits per heavy atom. The molecule has 0 saturated carbocycles. The fourth-order valence-corrected chi connectivity index (χ4v) is 3.72. The van der Waals surface area contributed by atoms with Gasteiger partial charge in [0.2, 0.25) is 5.88 Å². The molecule has 1 N–H and O–H groups in total. The molecule has 1 aromatic carbocycles. The zero-order valence-corrected chi connectivity index (χ0v) is 19.3. The third-order valence-corrected chi connectivity index (χ3v) is 5.42. The lowest BCUT2D eigenvalue weighted by molar-refractivity contribution is -0.136. The number of aromatic nitrogens is 4. The predicted molar refractivity (Wildman–Crippen MR) is 120 cm³/mol. The molecular weight excluding hydrogens is 439 g/mol. The van der Waals surface area contributed by atoms with Gasteiger partial charge in [-0.1, -0.05) is 43.1 Å². The molecule has 0 spiro atoms. The van der Waals surface area contributed by atoms with E-state index in [-0.39, 0.29) is 6.42 Å². The second-order valence-electron chi connectivity index (χ2n) is 7.76. The third kappa shape index (κ3) is 6.24. The minimum absolute atomic E-state index is 0.116. The van der Waals surface area contributed by atoms with Crippen LogP contribution in [0.2, 0.25) is 10.0 Å². The van der Waals surface area contributed by atoms with Crippen molar-refractivity contribution in [3.63, 3.8) is 0 Å². The molecule has 2 aromatic heterocycles. The van der Waals surface area contributed by atoms with Gasteiger partial charge in [0.15, 0.2) is 0 Å². The number of benzene rings is 1. The highest BCUT2D eigenvalue weighted by atomic mass is 35.5. The molecule has 2 heterocycles. The summed E-state index contributed by atoms with van der Waals surface area (Å²) in [4.78, 5) is 11.0. The first-order valence-corrected chi connectivity index (χ1v) is 10.9. The molecule has 0 unspecified atom stereocenters. The standard InChI is InChI=1S/C22H26Cl2N4O3/c1-14(2)20-11-18(28(25-20)13-15-6-7-17(23)10-19(15)24)5-4-8-31-22-16(9-21(29)30)12-27(3)26-22/h6-7,10-12,14H,4-5,8-9,13H2,1-3H3,(H,29,30). The number of halogens is 2. The van der Waals surface area contributed by atoms with Crippen LogP contribution in [0, 0.1) is 0 Å². The van der Waals surface area contributed by atoms with Gasteiger partial charge in [-0.25, -0.2) is 0 Å². The SMILES string of the molecule is CC(C)c1cc(CCCOc2nn(C)cc2CC(=O)O)n(Cc2ccc(Cl)cc2Cl)n1. The first-order valence-electron chi connectivity index (χ1n) is 10.1. The van der Waals surface area contributed by atoms with Crippen LogP contribution in [0.4, 0.5) is 0 Å². The first kappa shape index (κ1) is 23.2. The van der Waals surface area contributed by atoms with Gasteiger partial charge in [-0.3, -0.25) is 14.2 Å². The number of ether oxygens (including phenoxy) is 1. The number of nitrogens with zero attached hydrogens (tertiary/aromatic N) is 4. The maximum Gasteiger partial charge on any atom is 0.308 e. The molecule has 0 saturated heterocycles. The van der Waals surface area contributed by atoms with Crippen molar-refractivity contribution < 1.29 is 14.6 Å². The number of hydrogen-bond donors (Lipinski definition) is 1. The third-order valence-electron chi connectivity index (χ3n) is 4.83. The number of aryl methyl sites for hydroxylation is 2. The van der Waals surface area contributed by atoms with Crippen LogP contribution >= 0.6 is 23.2 Å². The Kier molecular flexibility index (Phi) is 7.62. The Morgan fingerprint density at radius 1 is 1.19 bits per heavy atom. The molecule has 3 rings (SSSR count). The average Bonchev–Trinajstić information content (AvgIpc) is 3.24. The van der Waals surface area contributed by atoms with E-state index in [0.29, 0.717) is 40.6 Å². The number of carboxylic acids is 1. The van der Waals surface area contributed by atoms with Gasteiger partial charge in [0.1, 0.15) is 0 Å². The van der Waals surface area contributed by atoms with Crippen molar-refractivity contribution in [3.05, 3.63) is 63.0 Å². The van der Waals surface area contributed by atoms with E-state index in [9.17, 15) is 4.79 Å². The summed E-state index contributed by atoms with van der Waals surface area (Å²) < 4.78 is 9.30. The van der Waals surface area contributed by atoms with Gasteiger partial charge in [-0.2, -0.15) is 5.10 Å². The molecule has 7 nitrogen and oxygen atoms in total. The first-order chi connectivity index (χ1) is 14.7. The molecule has 0 atom stereocenters. The lowest BCUT2D eigenvalue weighted by atomic mass is 10.1. The van der Waals surface area contributed by atoms with Gasteiger partial charge < -0.3 is 9.84 Å². The van der Waals surface area contributed by atoms with E-state index in [2.05, 4.69) is 25.0 Å². The summed E-state index contributed by atoms with van der Waals surface area (Å²) in [6, 6.07) is 7.59. The molecular formula is C22H26Cl2N4O3. The van der Waals surface area contributed by atoms with Crippen LogP contribution < -0.4 is 4.74 Å². The monoisotopic (exact) mass is 464 g/mol. The van der Waals surface area contributed by atoms with Gasteiger partial charge in [0.25, 0.3) is 0 Å². The molecule has 166 valence electrons. The highest BCUT2D eigenvalue weighted by molar-refractivity contribution is 6.35. The Bertz CT molecular complexity index is 1060. The summed E-state index contributed by atoms with van der Waals surface area (Å²) in [6.07, 6.45) is 3.05. The normalized spacial score (nSPS) is 11.3. The molecule has 0 radical (unpaired) electrons. The minimum atomic E-state index is -0.913. The number of carbonyl (C=O) groups is 1. The van der Waals surface area contributed by atoms with E-state index in [1.54, 1.807) is 24.0 Å². The van der Waals surface area contributed by atoms with Crippen LogP contribution in [0.5, 0.6) is 5.88 Å². The molecule has 0 aliphatic heterocycles. The van der Waals surface area contributed by atoms with Crippen LogP contribution in [-0.2, 0) is 31.2 Å². The fourth-order valence-electron chi connectivity index (χ4n) is 3.25. The molecule has 31 heavy (non-hydrogen) atoms. The summed E-state index contributed by atoms with van der Waals surface area (Å²) in [6.45, 7) is 5.20. The molecule has 0 bridgehead atoms. The summed E-state index contributed by atoms with van der Waals surface area (Å²) in [7, 11) is 1.74. The van der Waals surface area contributed by atoms with E-state index in [1.807, 2.05) is 16.8 Å². The quantitative estimate of drug-likeness (QED) is 0.438. The van der Waals surface area contributed by atoms with Crippen molar-refractivity contribution in [2.45, 2.75) is 45.6 Å². The number of hydrogen-bond acceptors (Lipinski definition) is 4. The highest BCUT2D eigenvalue weighted by Crippen LogP contribution is 2.24. The Balaban J connectivity index is 1.66. The van der Waals surface area contributed by atoms with Crippen LogP contribution in [0.15, 0.2) is 30.5 Å². The van der Waals surface area contributed by atoms with Crippen molar-refractivity contribution in [1.82, 2.24) is 19.6 Å². The molecule has 0 amide bonds.